The summed E-state index contributed by atoms with van der Waals surface area (Å²) >= 11 is 0. The predicted octanol–water partition coefficient (Wildman–Crippen LogP) is 2.23. The van der Waals surface area contributed by atoms with E-state index >= 15 is 0 Å². The lowest BCUT2D eigenvalue weighted by Crippen LogP contribution is -2.35. The van der Waals surface area contributed by atoms with Crippen molar-refractivity contribution in [3.05, 3.63) is 0 Å². The van der Waals surface area contributed by atoms with Gasteiger partial charge in [0.1, 0.15) is 20.2 Å². The van der Waals surface area contributed by atoms with Crippen LogP contribution in [-0.2, 0) is 23.7 Å². The maximum atomic E-state index is 11.7. The molecule has 0 radical (unpaired) electrons. The Morgan fingerprint density at radius 2 is 1.77 bits per heavy atom. The predicted molar refractivity (Wildman–Crippen MR) is 81.1 cm³/mol. The highest BCUT2D eigenvalue weighted by molar-refractivity contribution is 5.75. The molecule has 0 bridgehead atoms. The van der Waals surface area contributed by atoms with Crippen molar-refractivity contribution < 1.29 is 28.8 Å². The van der Waals surface area contributed by atoms with E-state index in [0.717, 1.165) is 32.1 Å². The molecule has 1 aliphatic rings. The van der Waals surface area contributed by atoms with Crippen LogP contribution < -0.4 is 0 Å². The number of hydrogen-bond acceptors (Lipinski definition) is 6. The smallest absolute Gasteiger partial charge is 0.311 e. The zero-order valence-electron chi connectivity index (χ0n) is 14.0. The van der Waals surface area contributed by atoms with Gasteiger partial charge >= 0.3 is 5.97 Å². The summed E-state index contributed by atoms with van der Waals surface area (Å²) in [6.45, 7) is 6.09. The zero-order valence-corrected chi connectivity index (χ0v) is 14.0. The van der Waals surface area contributed by atoms with Crippen molar-refractivity contribution in [2.24, 2.45) is 5.41 Å². The second kappa shape index (κ2) is 10.2. The van der Waals surface area contributed by atoms with Crippen LogP contribution in [0.15, 0.2) is 0 Å². The van der Waals surface area contributed by atoms with E-state index in [4.69, 9.17) is 24.1 Å². The highest BCUT2D eigenvalue weighted by Crippen LogP contribution is 2.24. The Morgan fingerprint density at radius 3 is 2.36 bits per heavy atom. The molecule has 0 amide bonds. The Morgan fingerprint density at radius 1 is 1.14 bits per heavy atom. The first-order valence-electron chi connectivity index (χ1n) is 8.10. The summed E-state index contributed by atoms with van der Waals surface area (Å²) in [5.41, 5.74) is -0.451. The molecule has 1 fully saturated rings. The molecule has 22 heavy (non-hydrogen) atoms. The number of aliphatic hydroxyl groups excluding tert-OH is 1. The number of rotatable bonds is 10. The van der Waals surface area contributed by atoms with Crippen LogP contribution >= 0.6 is 0 Å². The highest BCUT2D eigenvalue weighted by Gasteiger charge is 2.27. The molecule has 1 rings (SSSR count). The molecule has 2 unspecified atom stereocenters. The summed E-state index contributed by atoms with van der Waals surface area (Å²) in [6.07, 6.45) is 4.63. The monoisotopic (exact) mass is 318 g/mol. The van der Waals surface area contributed by atoms with E-state index < -0.39 is 5.41 Å². The van der Waals surface area contributed by atoms with Gasteiger partial charge in [0.25, 0.3) is 0 Å². The molecule has 1 aliphatic carbocycles. The zero-order chi connectivity index (χ0) is 16.4. The summed E-state index contributed by atoms with van der Waals surface area (Å²) in [6, 6.07) is 0. The molecule has 6 heteroatoms. The maximum absolute atomic E-state index is 11.7. The van der Waals surface area contributed by atoms with E-state index in [1.807, 2.05) is 20.8 Å². The van der Waals surface area contributed by atoms with Crippen LogP contribution in [-0.4, -0.2) is 50.1 Å². The summed E-state index contributed by atoms with van der Waals surface area (Å²) in [7, 11) is 0. The van der Waals surface area contributed by atoms with Gasteiger partial charge in [0.05, 0.1) is 24.2 Å². The van der Waals surface area contributed by atoms with E-state index in [-0.39, 0.29) is 38.4 Å². The standard InChI is InChI=1S/C16H30O6/c1-4-16(2,3)15(18)20-10-9-19-12-22-14-8-6-5-7-13(14)21-11-17/h13-14,17H,4-12H2,1-3H3. The van der Waals surface area contributed by atoms with Gasteiger partial charge in [-0.3, -0.25) is 4.79 Å². The van der Waals surface area contributed by atoms with E-state index in [1.54, 1.807) is 0 Å². The topological polar surface area (TPSA) is 74.2 Å². The fraction of sp³-hybridized carbons (Fsp3) is 0.938. The summed E-state index contributed by atoms with van der Waals surface area (Å²) in [5, 5.41) is 8.86. The van der Waals surface area contributed by atoms with Gasteiger partial charge in [0.2, 0.25) is 0 Å². The quantitative estimate of drug-likeness (QED) is 0.378. The van der Waals surface area contributed by atoms with Crippen molar-refractivity contribution in [2.75, 3.05) is 26.8 Å². The molecule has 0 heterocycles. The molecule has 1 saturated carbocycles. The molecule has 1 N–H and O–H groups in total. The van der Waals surface area contributed by atoms with Crippen molar-refractivity contribution >= 4 is 5.97 Å². The first-order chi connectivity index (χ1) is 10.5. The molecular weight excluding hydrogens is 288 g/mol. The van der Waals surface area contributed by atoms with Gasteiger partial charge in [0, 0.05) is 0 Å². The summed E-state index contributed by atoms with van der Waals surface area (Å²) in [4.78, 5) is 11.7. The van der Waals surface area contributed by atoms with Gasteiger partial charge in [-0.05, 0) is 33.1 Å². The van der Waals surface area contributed by atoms with Crippen LogP contribution in [0.5, 0.6) is 0 Å². The van der Waals surface area contributed by atoms with Gasteiger partial charge in [-0.15, -0.1) is 0 Å². The molecule has 0 aliphatic heterocycles. The Labute approximate surface area is 133 Å². The molecule has 6 nitrogen and oxygen atoms in total. The molecule has 0 saturated heterocycles. The van der Waals surface area contributed by atoms with Crippen LogP contribution in [0.25, 0.3) is 0 Å². The Bertz CT molecular complexity index is 316. The SMILES string of the molecule is CCC(C)(C)C(=O)OCCOCOC1CCCCC1OCO. The molecule has 130 valence electrons. The van der Waals surface area contributed by atoms with Gasteiger partial charge in [0.15, 0.2) is 0 Å². The third-order valence-electron chi connectivity index (χ3n) is 4.19. The van der Waals surface area contributed by atoms with Crippen molar-refractivity contribution in [1.29, 1.82) is 0 Å². The normalized spacial score (nSPS) is 22.5. The first-order valence-corrected chi connectivity index (χ1v) is 8.10. The molecule has 0 aromatic rings. The molecular formula is C16H30O6. The second-order valence-corrected chi connectivity index (χ2v) is 6.22. The number of aliphatic hydroxyl groups is 1. The maximum Gasteiger partial charge on any atom is 0.311 e. The Kier molecular flexibility index (Phi) is 8.93. The third-order valence-corrected chi connectivity index (χ3v) is 4.19. The average molecular weight is 318 g/mol. The lowest BCUT2D eigenvalue weighted by atomic mass is 9.91. The Hall–Kier alpha value is -0.690. The molecule has 0 aromatic carbocycles. The van der Waals surface area contributed by atoms with Crippen molar-refractivity contribution in [2.45, 2.75) is 65.1 Å². The van der Waals surface area contributed by atoms with Crippen molar-refractivity contribution in [1.82, 2.24) is 0 Å². The fourth-order valence-corrected chi connectivity index (χ4v) is 2.27. The lowest BCUT2D eigenvalue weighted by molar-refractivity contribution is -0.174. The van der Waals surface area contributed by atoms with Crippen LogP contribution in [0.3, 0.4) is 0 Å². The van der Waals surface area contributed by atoms with Crippen LogP contribution in [0.4, 0.5) is 0 Å². The van der Waals surface area contributed by atoms with E-state index in [9.17, 15) is 4.79 Å². The fourth-order valence-electron chi connectivity index (χ4n) is 2.27. The third kappa shape index (κ3) is 6.60. The summed E-state index contributed by atoms with van der Waals surface area (Å²) < 4.78 is 21.4. The Balaban J connectivity index is 2.11. The van der Waals surface area contributed by atoms with E-state index in [2.05, 4.69) is 0 Å². The van der Waals surface area contributed by atoms with Gasteiger partial charge in [-0.2, -0.15) is 0 Å². The van der Waals surface area contributed by atoms with Gasteiger partial charge < -0.3 is 24.1 Å². The average Bonchev–Trinajstić information content (AvgIpc) is 2.52. The molecule has 2 atom stereocenters. The highest BCUT2D eigenvalue weighted by atomic mass is 16.7. The second-order valence-electron chi connectivity index (χ2n) is 6.22. The molecule has 0 spiro atoms. The molecule has 0 aromatic heterocycles. The van der Waals surface area contributed by atoms with Gasteiger partial charge in [-0.1, -0.05) is 19.8 Å². The number of carbonyl (C=O) groups is 1. The minimum atomic E-state index is -0.451. The minimum Gasteiger partial charge on any atom is -0.463 e. The first kappa shape index (κ1) is 19.4. The minimum absolute atomic E-state index is 0.0394. The summed E-state index contributed by atoms with van der Waals surface area (Å²) in [5.74, 6) is -0.205. The lowest BCUT2D eigenvalue weighted by Gasteiger charge is -2.30. The van der Waals surface area contributed by atoms with Crippen LogP contribution in [0.1, 0.15) is 52.9 Å². The van der Waals surface area contributed by atoms with E-state index in [1.165, 1.54) is 0 Å². The van der Waals surface area contributed by atoms with Crippen LogP contribution in [0.2, 0.25) is 0 Å². The largest absolute Gasteiger partial charge is 0.463 e. The van der Waals surface area contributed by atoms with Crippen molar-refractivity contribution in [3.63, 3.8) is 0 Å². The number of ether oxygens (including phenoxy) is 4. The van der Waals surface area contributed by atoms with Gasteiger partial charge in [-0.25, -0.2) is 0 Å². The number of carbonyl (C=O) groups excluding carboxylic acids is 1. The number of esters is 1. The van der Waals surface area contributed by atoms with Crippen molar-refractivity contribution in [3.8, 4) is 0 Å². The number of hydrogen-bond donors (Lipinski definition) is 1. The van der Waals surface area contributed by atoms with Crippen LogP contribution in [0, 0.1) is 5.41 Å². The van der Waals surface area contributed by atoms with E-state index in [0.29, 0.717) is 6.61 Å².